The van der Waals surface area contributed by atoms with E-state index in [9.17, 15) is 18.0 Å². The van der Waals surface area contributed by atoms with Gasteiger partial charge in [0.05, 0.1) is 5.56 Å². The zero-order valence-electron chi connectivity index (χ0n) is 14.4. The summed E-state index contributed by atoms with van der Waals surface area (Å²) < 4.78 is 47.8. The number of pyridine rings is 1. The van der Waals surface area contributed by atoms with Crippen LogP contribution < -0.4 is 14.8 Å². The Hall–Kier alpha value is -3.55. The molecule has 3 aromatic rings. The molecule has 1 heterocycles. The number of amides is 1. The molecular formula is C20H15F3N2O3. The van der Waals surface area contributed by atoms with Gasteiger partial charge in [-0.25, -0.2) is 9.37 Å². The summed E-state index contributed by atoms with van der Waals surface area (Å²) in [4.78, 5) is 16.3. The van der Waals surface area contributed by atoms with Crippen molar-refractivity contribution >= 4 is 5.91 Å². The van der Waals surface area contributed by atoms with E-state index in [1.54, 1.807) is 24.3 Å². The molecule has 1 amide bonds. The molecule has 0 atom stereocenters. The second kappa shape index (κ2) is 8.90. The summed E-state index contributed by atoms with van der Waals surface area (Å²) in [5.41, 5.74) is 0.661. The molecule has 5 nitrogen and oxygen atoms in total. The van der Waals surface area contributed by atoms with Crippen LogP contribution in [0.4, 0.5) is 13.2 Å². The number of alkyl halides is 2. The van der Waals surface area contributed by atoms with E-state index in [4.69, 9.17) is 4.74 Å². The van der Waals surface area contributed by atoms with Crippen LogP contribution in [0, 0.1) is 5.82 Å². The zero-order chi connectivity index (χ0) is 19.9. The van der Waals surface area contributed by atoms with Crippen molar-refractivity contribution in [2.24, 2.45) is 0 Å². The highest BCUT2D eigenvalue weighted by atomic mass is 19.3. The molecule has 144 valence electrons. The summed E-state index contributed by atoms with van der Waals surface area (Å²) in [6.45, 7) is -2.90. The van der Waals surface area contributed by atoms with Gasteiger partial charge in [0.15, 0.2) is 0 Å². The first-order chi connectivity index (χ1) is 13.5. The number of rotatable bonds is 7. The van der Waals surface area contributed by atoms with Crippen LogP contribution in [0.3, 0.4) is 0 Å². The summed E-state index contributed by atoms with van der Waals surface area (Å²) in [5.74, 6) is -0.614. The minimum Gasteiger partial charge on any atom is -0.439 e. The molecule has 0 bridgehead atoms. The molecule has 0 aliphatic carbocycles. The summed E-state index contributed by atoms with van der Waals surface area (Å²) in [7, 11) is 0. The fourth-order valence-electron chi connectivity index (χ4n) is 2.36. The molecule has 1 aromatic heterocycles. The first-order valence-corrected chi connectivity index (χ1v) is 8.21. The molecule has 1 N–H and O–H groups in total. The number of nitrogens with one attached hydrogen (secondary N) is 1. The third-order valence-corrected chi connectivity index (χ3v) is 3.62. The lowest BCUT2D eigenvalue weighted by molar-refractivity contribution is -0.0501. The molecule has 0 aliphatic heterocycles. The topological polar surface area (TPSA) is 60.5 Å². The number of para-hydroxylation sites is 1. The first-order valence-electron chi connectivity index (χ1n) is 8.21. The van der Waals surface area contributed by atoms with Crippen molar-refractivity contribution in [3.05, 3.63) is 83.8 Å². The van der Waals surface area contributed by atoms with E-state index in [0.29, 0.717) is 11.3 Å². The summed E-state index contributed by atoms with van der Waals surface area (Å²) in [6, 6.07) is 14.6. The molecule has 0 aliphatic rings. The largest absolute Gasteiger partial charge is 0.439 e. The molecule has 0 saturated heterocycles. The Morgan fingerprint density at radius 1 is 1.07 bits per heavy atom. The van der Waals surface area contributed by atoms with Crippen LogP contribution in [-0.4, -0.2) is 17.5 Å². The van der Waals surface area contributed by atoms with E-state index >= 15 is 0 Å². The zero-order valence-corrected chi connectivity index (χ0v) is 14.4. The van der Waals surface area contributed by atoms with Gasteiger partial charge in [0, 0.05) is 24.9 Å². The minimum atomic E-state index is -3.02. The Kier molecular flexibility index (Phi) is 6.11. The van der Waals surface area contributed by atoms with E-state index in [-0.39, 0.29) is 23.7 Å². The fraction of sp³-hybridized carbons (Fsp3) is 0.100. The van der Waals surface area contributed by atoms with Crippen molar-refractivity contribution in [3.8, 4) is 17.4 Å². The van der Waals surface area contributed by atoms with Crippen molar-refractivity contribution < 1.29 is 27.4 Å². The third-order valence-electron chi connectivity index (χ3n) is 3.62. The number of hydrogen-bond acceptors (Lipinski definition) is 4. The van der Waals surface area contributed by atoms with Gasteiger partial charge in [0.2, 0.25) is 5.88 Å². The maximum Gasteiger partial charge on any atom is 0.387 e. The number of benzene rings is 2. The Morgan fingerprint density at radius 2 is 1.89 bits per heavy atom. The van der Waals surface area contributed by atoms with E-state index in [1.807, 2.05) is 0 Å². The van der Waals surface area contributed by atoms with Crippen molar-refractivity contribution in [1.82, 2.24) is 10.3 Å². The molecule has 0 radical (unpaired) electrons. The first kappa shape index (κ1) is 19.2. The monoisotopic (exact) mass is 388 g/mol. The minimum absolute atomic E-state index is 0.00168. The quantitative estimate of drug-likeness (QED) is 0.645. The predicted molar refractivity (Wildman–Crippen MR) is 95.0 cm³/mol. The molecule has 3 rings (SSSR count). The smallest absolute Gasteiger partial charge is 0.387 e. The molecule has 28 heavy (non-hydrogen) atoms. The Balaban J connectivity index is 1.60. The van der Waals surface area contributed by atoms with Crippen LogP contribution in [0.25, 0.3) is 0 Å². The predicted octanol–water partition coefficient (Wildman–Crippen LogP) is 4.54. The summed E-state index contributed by atoms with van der Waals surface area (Å²) in [6.07, 6.45) is 1.48. The second-order valence-electron chi connectivity index (χ2n) is 5.62. The highest BCUT2D eigenvalue weighted by Gasteiger charge is 2.15. The van der Waals surface area contributed by atoms with Crippen molar-refractivity contribution in [1.29, 1.82) is 0 Å². The van der Waals surface area contributed by atoms with Gasteiger partial charge in [-0.1, -0.05) is 24.3 Å². The van der Waals surface area contributed by atoms with Crippen molar-refractivity contribution in [2.45, 2.75) is 13.2 Å². The Labute approximate surface area is 158 Å². The van der Waals surface area contributed by atoms with E-state index in [1.165, 1.54) is 42.6 Å². The highest BCUT2D eigenvalue weighted by molar-refractivity contribution is 5.96. The SMILES string of the molecule is O=C(NCc1ccc(Oc2cccc(F)c2)nc1)c1ccccc1OC(F)F. The Morgan fingerprint density at radius 3 is 2.61 bits per heavy atom. The van der Waals surface area contributed by atoms with Crippen LogP contribution >= 0.6 is 0 Å². The van der Waals surface area contributed by atoms with Crippen LogP contribution in [0.15, 0.2) is 66.9 Å². The molecule has 8 heteroatoms. The van der Waals surface area contributed by atoms with Crippen LogP contribution in [0.1, 0.15) is 15.9 Å². The van der Waals surface area contributed by atoms with Gasteiger partial charge in [-0.3, -0.25) is 4.79 Å². The van der Waals surface area contributed by atoms with Gasteiger partial charge < -0.3 is 14.8 Å². The average molecular weight is 388 g/mol. The molecule has 0 fully saturated rings. The van der Waals surface area contributed by atoms with Gasteiger partial charge in [-0.15, -0.1) is 0 Å². The molecule has 0 unspecified atom stereocenters. The van der Waals surface area contributed by atoms with Crippen molar-refractivity contribution in [3.63, 3.8) is 0 Å². The number of halogens is 3. The number of aromatic nitrogens is 1. The summed E-state index contributed by atoms with van der Waals surface area (Å²) >= 11 is 0. The van der Waals surface area contributed by atoms with Crippen LogP contribution in [0.2, 0.25) is 0 Å². The van der Waals surface area contributed by atoms with Gasteiger partial charge in [-0.05, 0) is 29.8 Å². The number of carbonyl (C=O) groups is 1. The van der Waals surface area contributed by atoms with Gasteiger partial charge >= 0.3 is 6.61 Å². The van der Waals surface area contributed by atoms with Gasteiger partial charge in [-0.2, -0.15) is 8.78 Å². The molecule has 2 aromatic carbocycles. The molecular weight excluding hydrogens is 373 g/mol. The normalized spacial score (nSPS) is 10.6. The highest BCUT2D eigenvalue weighted by Crippen LogP contribution is 2.21. The Bertz CT molecular complexity index is 949. The maximum absolute atomic E-state index is 13.2. The standard InChI is InChI=1S/C20H15F3N2O3/c21-14-4-3-5-15(10-14)27-18-9-8-13(11-24-18)12-25-19(26)16-6-1-2-7-17(16)28-20(22)23/h1-11,20H,12H2,(H,25,26). The van der Waals surface area contributed by atoms with Gasteiger partial charge in [0.25, 0.3) is 5.91 Å². The number of ether oxygens (including phenoxy) is 2. The number of carbonyl (C=O) groups excluding carboxylic acids is 1. The lowest BCUT2D eigenvalue weighted by atomic mass is 10.2. The summed E-state index contributed by atoms with van der Waals surface area (Å²) in [5, 5.41) is 2.61. The van der Waals surface area contributed by atoms with Crippen LogP contribution in [-0.2, 0) is 6.54 Å². The number of nitrogens with zero attached hydrogens (tertiary/aromatic N) is 1. The van der Waals surface area contributed by atoms with E-state index in [2.05, 4.69) is 15.0 Å². The lowest BCUT2D eigenvalue weighted by Gasteiger charge is -2.11. The van der Waals surface area contributed by atoms with E-state index < -0.39 is 18.3 Å². The molecule has 0 saturated carbocycles. The number of hydrogen-bond donors (Lipinski definition) is 1. The maximum atomic E-state index is 13.2. The lowest BCUT2D eigenvalue weighted by Crippen LogP contribution is -2.23. The third kappa shape index (κ3) is 5.23. The van der Waals surface area contributed by atoms with Gasteiger partial charge in [0.1, 0.15) is 17.3 Å². The van der Waals surface area contributed by atoms with E-state index in [0.717, 1.165) is 0 Å². The second-order valence-corrected chi connectivity index (χ2v) is 5.62. The molecule has 0 spiro atoms. The average Bonchev–Trinajstić information content (AvgIpc) is 2.67. The van der Waals surface area contributed by atoms with Crippen molar-refractivity contribution in [2.75, 3.05) is 0 Å². The van der Waals surface area contributed by atoms with Crippen LogP contribution in [0.5, 0.6) is 17.4 Å². The fourth-order valence-corrected chi connectivity index (χ4v) is 2.36.